The lowest BCUT2D eigenvalue weighted by atomic mass is 10.0. The van der Waals surface area contributed by atoms with E-state index in [1.165, 1.54) is 5.56 Å². The molecule has 5 heteroatoms. The Hall–Kier alpha value is -2.66. The van der Waals surface area contributed by atoms with Crippen LogP contribution in [0.25, 0.3) is 10.6 Å². The molecular formula is C22H24N2O2S. The Bertz CT molecular complexity index is 930. The van der Waals surface area contributed by atoms with Gasteiger partial charge in [-0.05, 0) is 48.2 Å². The standard InChI is InChI=1S/C22H24N2O2S/c1-4-19-20(13-26-18-10-8-15(9-11-18)21(23)25)27-22(24-19)17-7-5-6-16(12-17)14(2)3/h5-12,14H,4,13H2,1-3H3,(H2,23,25). The number of nitrogens with zero attached hydrogens (tertiary/aromatic N) is 1. The number of hydrogen-bond donors (Lipinski definition) is 1. The lowest BCUT2D eigenvalue weighted by Gasteiger charge is -2.06. The first-order valence-corrected chi connectivity index (χ1v) is 9.91. The molecule has 2 aromatic carbocycles. The van der Waals surface area contributed by atoms with Gasteiger partial charge in [-0.15, -0.1) is 11.3 Å². The summed E-state index contributed by atoms with van der Waals surface area (Å²) in [4.78, 5) is 17.1. The topological polar surface area (TPSA) is 65.2 Å². The molecule has 0 fully saturated rings. The van der Waals surface area contributed by atoms with Crippen LogP contribution >= 0.6 is 11.3 Å². The highest BCUT2D eigenvalue weighted by Crippen LogP contribution is 2.31. The number of amides is 1. The summed E-state index contributed by atoms with van der Waals surface area (Å²) in [5.41, 5.74) is 9.27. The van der Waals surface area contributed by atoms with E-state index in [0.717, 1.165) is 27.6 Å². The summed E-state index contributed by atoms with van der Waals surface area (Å²) in [5, 5.41) is 1.03. The Morgan fingerprint density at radius 1 is 1.19 bits per heavy atom. The quantitative estimate of drug-likeness (QED) is 0.615. The molecule has 140 valence electrons. The zero-order valence-corrected chi connectivity index (χ0v) is 16.7. The molecule has 1 heterocycles. The van der Waals surface area contributed by atoms with Crippen molar-refractivity contribution in [3.63, 3.8) is 0 Å². The van der Waals surface area contributed by atoms with E-state index in [2.05, 4.69) is 45.0 Å². The molecule has 0 spiro atoms. The summed E-state index contributed by atoms with van der Waals surface area (Å²) in [6.07, 6.45) is 0.861. The zero-order valence-electron chi connectivity index (χ0n) is 15.9. The highest BCUT2D eigenvalue weighted by atomic mass is 32.1. The number of carbonyl (C=O) groups is 1. The fraction of sp³-hybridized carbons (Fsp3) is 0.273. The number of benzene rings is 2. The fourth-order valence-electron chi connectivity index (χ4n) is 2.79. The first kappa shape index (κ1) is 19.1. The third-order valence-electron chi connectivity index (χ3n) is 4.42. The Labute approximate surface area is 164 Å². The van der Waals surface area contributed by atoms with Crippen LogP contribution in [-0.2, 0) is 13.0 Å². The van der Waals surface area contributed by atoms with Crippen molar-refractivity contribution in [3.8, 4) is 16.3 Å². The van der Waals surface area contributed by atoms with E-state index in [1.54, 1.807) is 35.6 Å². The van der Waals surface area contributed by atoms with Crippen molar-refractivity contribution in [2.75, 3.05) is 0 Å². The number of thiazole rings is 1. The van der Waals surface area contributed by atoms with E-state index in [1.807, 2.05) is 0 Å². The highest BCUT2D eigenvalue weighted by molar-refractivity contribution is 7.15. The molecule has 0 bridgehead atoms. The monoisotopic (exact) mass is 380 g/mol. The second-order valence-corrected chi connectivity index (χ2v) is 7.78. The highest BCUT2D eigenvalue weighted by Gasteiger charge is 2.13. The molecule has 0 saturated carbocycles. The fourth-order valence-corrected chi connectivity index (χ4v) is 3.85. The summed E-state index contributed by atoms with van der Waals surface area (Å²) < 4.78 is 5.90. The lowest BCUT2D eigenvalue weighted by Crippen LogP contribution is -2.10. The van der Waals surface area contributed by atoms with Crippen LogP contribution in [0.1, 0.15) is 53.2 Å². The third-order valence-corrected chi connectivity index (χ3v) is 5.54. The van der Waals surface area contributed by atoms with Crippen molar-refractivity contribution in [3.05, 3.63) is 70.2 Å². The molecule has 4 nitrogen and oxygen atoms in total. The predicted octanol–water partition coefficient (Wildman–Crippen LogP) is 5.17. The molecule has 1 amide bonds. The molecule has 1 aromatic heterocycles. The van der Waals surface area contributed by atoms with E-state index in [9.17, 15) is 4.79 Å². The van der Waals surface area contributed by atoms with Gasteiger partial charge in [0.1, 0.15) is 17.4 Å². The van der Waals surface area contributed by atoms with Crippen molar-refractivity contribution < 1.29 is 9.53 Å². The number of aryl methyl sites for hydroxylation is 1. The number of aromatic nitrogens is 1. The van der Waals surface area contributed by atoms with Crippen molar-refractivity contribution in [2.24, 2.45) is 5.73 Å². The molecule has 3 aromatic rings. The van der Waals surface area contributed by atoms with Crippen LogP contribution in [0, 0.1) is 0 Å². The first-order chi connectivity index (χ1) is 13.0. The molecule has 0 unspecified atom stereocenters. The molecule has 0 aliphatic rings. The van der Waals surface area contributed by atoms with Gasteiger partial charge in [0.2, 0.25) is 5.91 Å². The molecule has 0 aliphatic heterocycles. The van der Waals surface area contributed by atoms with Gasteiger partial charge in [-0.25, -0.2) is 4.98 Å². The van der Waals surface area contributed by atoms with E-state index in [0.29, 0.717) is 23.8 Å². The summed E-state index contributed by atoms with van der Waals surface area (Å²) in [6.45, 7) is 6.96. The largest absolute Gasteiger partial charge is 0.488 e. The Morgan fingerprint density at radius 3 is 2.56 bits per heavy atom. The second-order valence-electron chi connectivity index (χ2n) is 6.70. The van der Waals surface area contributed by atoms with Crippen molar-refractivity contribution in [1.82, 2.24) is 4.98 Å². The minimum atomic E-state index is -0.439. The Morgan fingerprint density at radius 2 is 1.93 bits per heavy atom. The molecule has 0 atom stereocenters. The second kappa shape index (κ2) is 8.35. The molecule has 3 rings (SSSR count). The van der Waals surface area contributed by atoms with E-state index in [4.69, 9.17) is 15.5 Å². The number of hydrogen-bond acceptors (Lipinski definition) is 4. The van der Waals surface area contributed by atoms with Gasteiger partial charge in [0.15, 0.2) is 0 Å². The molecule has 0 saturated heterocycles. The van der Waals surface area contributed by atoms with Gasteiger partial charge in [0.05, 0.1) is 10.6 Å². The van der Waals surface area contributed by atoms with Gasteiger partial charge in [-0.3, -0.25) is 4.79 Å². The molecule has 0 radical (unpaired) electrons. The lowest BCUT2D eigenvalue weighted by molar-refractivity contribution is 0.1000. The van der Waals surface area contributed by atoms with Crippen LogP contribution in [0.4, 0.5) is 0 Å². The zero-order chi connectivity index (χ0) is 19.4. The minimum Gasteiger partial charge on any atom is -0.488 e. The number of primary amides is 1. The van der Waals surface area contributed by atoms with E-state index >= 15 is 0 Å². The van der Waals surface area contributed by atoms with Crippen LogP contribution in [0.15, 0.2) is 48.5 Å². The van der Waals surface area contributed by atoms with Crippen LogP contribution in [0.3, 0.4) is 0 Å². The van der Waals surface area contributed by atoms with Crippen molar-refractivity contribution in [1.29, 1.82) is 0 Å². The SMILES string of the molecule is CCc1nc(-c2cccc(C(C)C)c2)sc1COc1ccc(C(N)=O)cc1. The maximum Gasteiger partial charge on any atom is 0.248 e. The molecule has 27 heavy (non-hydrogen) atoms. The number of ether oxygens (including phenoxy) is 1. The average Bonchev–Trinajstić information content (AvgIpc) is 3.10. The normalized spacial score (nSPS) is 11.0. The summed E-state index contributed by atoms with van der Waals surface area (Å²) in [5.74, 6) is 0.756. The van der Waals surface area contributed by atoms with Crippen molar-refractivity contribution >= 4 is 17.2 Å². The summed E-state index contributed by atoms with van der Waals surface area (Å²) in [6, 6.07) is 15.4. The maximum atomic E-state index is 11.2. The Kier molecular flexibility index (Phi) is 5.91. The smallest absolute Gasteiger partial charge is 0.248 e. The first-order valence-electron chi connectivity index (χ1n) is 9.09. The van der Waals surface area contributed by atoms with Gasteiger partial charge in [0.25, 0.3) is 0 Å². The van der Waals surface area contributed by atoms with Crippen LogP contribution in [0.5, 0.6) is 5.75 Å². The van der Waals surface area contributed by atoms with E-state index in [-0.39, 0.29) is 0 Å². The van der Waals surface area contributed by atoms with Gasteiger partial charge >= 0.3 is 0 Å². The Balaban J connectivity index is 1.78. The van der Waals surface area contributed by atoms with Gasteiger partial charge < -0.3 is 10.5 Å². The molecular weight excluding hydrogens is 356 g/mol. The maximum absolute atomic E-state index is 11.2. The number of nitrogens with two attached hydrogens (primary N) is 1. The predicted molar refractivity (Wildman–Crippen MR) is 110 cm³/mol. The van der Waals surface area contributed by atoms with Gasteiger partial charge in [0, 0.05) is 11.1 Å². The third kappa shape index (κ3) is 4.55. The molecule has 2 N–H and O–H groups in total. The van der Waals surface area contributed by atoms with Crippen LogP contribution < -0.4 is 10.5 Å². The van der Waals surface area contributed by atoms with Gasteiger partial charge in [-0.2, -0.15) is 0 Å². The number of carbonyl (C=O) groups excluding carboxylic acids is 1. The minimum absolute atomic E-state index is 0.439. The van der Waals surface area contributed by atoms with Gasteiger partial charge in [-0.1, -0.05) is 39.0 Å². The summed E-state index contributed by atoms with van der Waals surface area (Å²) >= 11 is 1.67. The van der Waals surface area contributed by atoms with Crippen LogP contribution in [-0.4, -0.2) is 10.9 Å². The summed E-state index contributed by atoms with van der Waals surface area (Å²) in [7, 11) is 0. The van der Waals surface area contributed by atoms with Crippen molar-refractivity contribution in [2.45, 2.75) is 39.7 Å². The van der Waals surface area contributed by atoms with Crippen LogP contribution in [0.2, 0.25) is 0 Å². The van der Waals surface area contributed by atoms with E-state index < -0.39 is 5.91 Å². The number of rotatable bonds is 7. The average molecular weight is 381 g/mol. The molecule has 0 aliphatic carbocycles.